The van der Waals surface area contributed by atoms with E-state index in [4.69, 9.17) is 0 Å². The van der Waals surface area contributed by atoms with Crippen LogP contribution >= 0.6 is 0 Å². The Hall–Kier alpha value is -2.69. The lowest BCUT2D eigenvalue weighted by atomic mass is 9.98. The minimum atomic E-state index is -0.720. The fraction of sp³-hybridized carbons (Fsp3) is 0.182. The minimum Gasteiger partial charge on any atom is -0.387 e. The molecule has 3 nitrogen and oxygen atoms in total. The van der Waals surface area contributed by atoms with E-state index in [0.717, 1.165) is 38.5 Å². The average Bonchev–Trinajstić information content (AvgIpc) is 2.99. The molecule has 0 fully saturated rings. The van der Waals surface area contributed by atoms with Crippen molar-refractivity contribution in [3.05, 3.63) is 72.0 Å². The predicted molar refractivity (Wildman–Crippen MR) is 105 cm³/mol. The number of benzene rings is 3. The molecule has 0 amide bonds. The lowest BCUT2D eigenvalue weighted by molar-refractivity contribution is 0.140. The molecular formula is C22H21FN2O. The molecule has 0 aliphatic heterocycles. The Morgan fingerprint density at radius 3 is 2.54 bits per heavy atom. The van der Waals surface area contributed by atoms with Crippen LogP contribution in [0.25, 0.3) is 32.9 Å². The number of H-pyrrole nitrogens is 1. The summed E-state index contributed by atoms with van der Waals surface area (Å²) in [5.74, 6) is -0.306. The summed E-state index contributed by atoms with van der Waals surface area (Å²) < 4.78 is 13.9. The van der Waals surface area contributed by atoms with E-state index in [1.807, 2.05) is 37.2 Å². The summed E-state index contributed by atoms with van der Waals surface area (Å²) >= 11 is 0. The molecule has 1 atom stereocenters. The van der Waals surface area contributed by atoms with Crippen LogP contribution in [0.2, 0.25) is 0 Å². The van der Waals surface area contributed by atoms with Crippen LogP contribution in [0, 0.1) is 5.82 Å². The second-order valence-electron chi connectivity index (χ2n) is 6.94. The van der Waals surface area contributed by atoms with Crippen LogP contribution in [-0.2, 0) is 0 Å². The van der Waals surface area contributed by atoms with E-state index in [1.165, 1.54) is 12.1 Å². The van der Waals surface area contributed by atoms with Gasteiger partial charge in [0.2, 0.25) is 0 Å². The molecule has 0 spiro atoms. The van der Waals surface area contributed by atoms with Gasteiger partial charge in [-0.3, -0.25) is 0 Å². The summed E-state index contributed by atoms with van der Waals surface area (Å²) in [4.78, 5) is 5.30. The summed E-state index contributed by atoms with van der Waals surface area (Å²) in [6.45, 7) is 0.462. The van der Waals surface area contributed by atoms with Crippen LogP contribution in [0.4, 0.5) is 4.39 Å². The van der Waals surface area contributed by atoms with Crippen molar-refractivity contribution < 1.29 is 9.50 Å². The van der Waals surface area contributed by atoms with Crippen LogP contribution in [0.3, 0.4) is 0 Å². The summed E-state index contributed by atoms with van der Waals surface area (Å²) in [7, 11) is 3.82. The van der Waals surface area contributed by atoms with E-state index < -0.39 is 6.10 Å². The summed E-state index contributed by atoms with van der Waals surface area (Å²) in [5, 5.41) is 13.9. The minimum absolute atomic E-state index is 0.306. The quantitative estimate of drug-likeness (QED) is 0.560. The van der Waals surface area contributed by atoms with Crippen LogP contribution in [0.5, 0.6) is 0 Å². The van der Waals surface area contributed by atoms with Gasteiger partial charge in [0.1, 0.15) is 5.82 Å². The van der Waals surface area contributed by atoms with Gasteiger partial charge in [-0.1, -0.05) is 36.4 Å². The van der Waals surface area contributed by atoms with Gasteiger partial charge in [0.05, 0.1) is 11.8 Å². The Balaban J connectivity index is 1.95. The molecule has 0 radical (unpaired) electrons. The van der Waals surface area contributed by atoms with Crippen LogP contribution in [0.1, 0.15) is 11.7 Å². The topological polar surface area (TPSA) is 39.3 Å². The Labute approximate surface area is 151 Å². The number of hydrogen-bond acceptors (Lipinski definition) is 2. The maximum atomic E-state index is 13.9. The van der Waals surface area contributed by atoms with Gasteiger partial charge in [-0.25, -0.2) is 4.39 Å². The third-order valence-corrected chi connectivity index (χ3v) is 4.71. The highest BCUT2D eigenvalue weighted by molar-refractivity contribution is 5.94. The maximum absolute atomic E-state index is 13.9. The van der Waals surface area contributed by atoms with E-state index in [9.17, 15) is 9.50 Å². The SMILES string of the molecule is CN(C)CC(O)c1c(-c2ccc3ccccc3c2)[nH]c2ccc(F)cc12. The van der Waals surface area contributed by atoms with Crippen molar-refractivity contribution in [1.29, 1.82) is 0 Å². The van der Waals surface area contributed by atoms with Gasteiger partial charge in [0.15, 0.2) is 0 Å². The molecule has 0 saturated heterocycles. The molecule has 26 heavy (non-hydrogen) atoms. The van der Waals surface area contributed by atoms with E-state index >= 15 is 0 Å². The summed E-state index contributed by atoms with van der Waals surface area (Å²) in [5.41, 5.74) is 3.38. The molecule has 132 valence electrons. The Kier molecular flexibility index (Phi) is 4.23. The molecule has 4 aromatic rings. The van der Waals surface area contributed by atoms with Crippen molar-refractivity contribution in [3.63, 3.8) is 0 Å². The van der Waals surface area contributed by atoms with Gasteiger partial charge >= 0.3 is 0 Å². The number of nitrogens with zero attached hydrogens (tertiary/aromatic N) is 1. The zero-order chi connectivity index (χ0) is 18.3. The van der Waals surface area contributed by atoms with E-state index in [1.54, 1.807) is 6.07 Å². The second kappa shape index (κ2) is 6.56. The largest absolute Gasteiger partial charge is 0.387 e. The molecule has 1 heterocycles. The molecule has 4 rings (SSSR count). The molecule has 1 aromatic heterocycles. The number of aliphatic hydroxyl groups is 1. The molecule has 2 N–H and O–H groups in total. The number of halogens is 1. The fourth-order valence-electron chi connectivity index (χ4n) is 3.54. The molecule has 0 aliphatic rings. The molecular weight excluding hydrogens is 327 g/mol. The van der Waals surface area contributed by atoms with E-state index in [-0.39, 0.29) is 5.82 Å². The van der Waals surface area contributed by atoms with Crippen molar-refractivity contribution in [2.75, 3.05) is 20.6 Å². The lowest BCUT2D eigenvalue weighted by Crippen LogP contribution is -2.20. The van der Waals surface area contributed by atoms with Crippen LogP contribution in [-0.4, -0.2) is 35.6 Å². The van der Waals surface area contributed by atoms with E-state index in [0.29, 0.717) is 6.54 Å². The van der Waals surface area contributed by atoms with Crippen molar-refractivity contribution in [3.8, 4) is 11.3 Å². The second-order valence-corrected chi connectivity index (χ2v) is 6.94. The predicted octanol–water partition coefficient (Wildman–Crippen LogP) is 4.72. The van der Waals surface area contributed by atoms with Crippen molar-refractivity contribution >= 4 is 21.7 Å². The fourth-order valence-corrected chi connectivity index (χ4v) is 3.54. The number of likely N-dealkylation sites (N-methyl/N-ethyl adjacent to an activating group) is 1. The first-order valence-electron chi connectivity index (χ1n) is 8.66. The highest BCUT2D eigenvalue weighted by Crippen LogP contribution is 2.36. The van der Waals surface area contributed by atoms with Crippen molar-refractivity contribution in [1.82, 2.24) is 9.88 Å². The Morgan fingerprint density at radius 1 is 1.00 bits per heavy atom. The number of fused-ring (bicyclic) bond motifs is 2. The first kappa shape index (κ1) is 16.8. The van der Waals surface area contributed by atoms with Gasteiger partial charge in [0, 0.05) is 23.0 Å². The molecule has 1 unspecified atom stereocenters. The average molecular weight is 348 g/mol. The van der Waals surface area contributed by atoms with Crippen LogP contribution in [0.15, 0.2) is 60.7 Å². The molecule has 3 aromatic carbocycles. The Bertz CT molecular complexity index is 1080. The first-order valence-corrected chi connectivity index (χ1v) is 8.66. The smallest absolute Gasteiger partial charge is 0.123 e. The zero-order valence-corrected chi connectivity index (χ0v) is 14.8. The van der Waals surface area contributed by atoms with Gasteiger partial charge in [-0.2, -0.15) is 0 Å². The molecule has 0 saturated carbocycles. The summed E-state index contributed by atoms with van der Waals surface area (Å²) in [6.07, 6.45) is -0.720. The molecule has 0 aliphatic carbocycles. The van der Waals surface area contributed by atoms with Crippen molar-refractivity contribution in [2.24, 2.45) is 0 Å². The third-order valence-electron chi connectivity index (χ3n) is 4.71. The van der Waals surface area contributed by atoms with Gasteiger partial charge < -0.3 is 15.0 Å². The number of nitrogens with one attached hydrogen (secondary N) is 1. The van der Waals surface area contributed by atoms with Gasteiger partial charge in [0.25, 0.3) is 0 Å². The molecule has 4 heteroatoms. The monoisotopic (exact) mass is 348 g/mol. The van der Waals surface area contributed by atoms with Crippen molar-refractivity contribution in [2.45, 2.75) is 6.10 Å². The lowest BCUT2D eigenvalue weighted by Gasteiger charge is -2.17. The van der Waals surface area contributed by atoms with Gasteiger partial charge in [-0.15, -0.1) is 0 Å². The zero-order valence-electron chi connectivity index (χ0n) is 14.8. The van der Waals surface area contributed by atoms with Crippen LogP contribution < -0.4 is 0 Å². The molecule has 0 bridgehead atoms. The number of aliphatic hydroxyl groups excluding tert-OH is 1. The number of hydrogen-bond donors (Lipinski definition) is 2. The normalized spacial score (nSPS) is 13.0. The number of rotatable bonds is 4. The highest BCUT2D eigenvalue weighted by Gasteiger charge is 2.21. The first-order chi connectivity index (χ1) is 12.5. The van der Waals surface area contributed by atoms with Gasteiger partial charge in [-0.05, 0) is 54.7 Å². The Morgan fingerprint density at radius 2 is 1.77 bits per heavy atom. The summed E-state index contributed by atoms with van der Waals surface area (Å²) in [6, 6.07) is 19.0. The standard InChI is InChI=1S/C22H21FN2O/c1-25(2)13-20(26)21-18-12-17(23)9-10-19(18)24-22(21)16-8-7-14-5-3-4-6-15(14)11-16/h3-12,20,24,26H,13H2,1-2H3. The number of aromatic nitrogens is 1. The van der Waals surface area contributed by atoms with E-state index in [2.05, 4.69) is 29.2 Å². The number of aromatic amines is 1. The third kappa shape index (κ3) is 2.98. The maximum Gasteiger partial charge on any atom is 0.123 e. The highest BCUT2D eigenvalue weighted by atomic mass is 19.1.